The quantitative estimate of drug-likeness (QED) is 0.482. The number of hydrogen-bond acceptors (Lipinski definition) is 5. The summed E-state index contributed by atoms with van der Waals surface area (Å²) in [5, 5.41) is 6.53. The van der Waals surface area contributed by atoms with Crippen molar-refractivity contribution < 1.29 is 14.2 Å². The van der Waals surface area contributed by atoms with E-state index in [0.29, 0.717) is 37.1 Å². The van der Waals surface area contributed by atoms with E-state index in [0.717, 1.165) is 18.1 Å². The first-order valence-corrected chi connectivity index (χ1v) is 9.54. The monoisotopic (exact) mass is 386 g/mol. The number of nitrogens with zero attached hydrogens (tertiary/aromatic N) is 2. The second kappa shape index (κ2) is 11.8. The van der Waals surface area contributed by atoms with Gasteiger partial charge in [0.25, 0.3) is 0 Å². The molecule has 28 heavy (non-hydrogen) atoms. The molecule has 7 heteroatoms. The Hall–Kier alpha value is -2.80. The Balaban J connectivity index is 1.99. The molecule has 0 bridgehead atoms. The lowest BCUT2D eigenvalue weighted by atomic mass is 10.3. The number of methoxy groups -OCH3 is 1. The van der Waals surface area contributed by atoms with Gasteiger partial charge in [0.2, 0.25) is 5.88 Å². The Bertz CT molecular complexity index is 735. The molecule has 1 heterocycles. The van der Waals surface area contributed by atoms with Crippen molar-refractivity contribution in [3.8, 4) is 17.4 Å². The molecule has 0 saturated heterocycles. The van der Waals surface area contributed by atoms with Crippen LogP contribution in [0.1, 0.15) is 26.3 Å². The van der Waals surface area contributed by atoms with Gasteiger partial charge in [0.1, 0.15) is 0 Å². The van der Waals surface area contributed by atoms with Gasteiger partial charge in [0.05, 0.1) is 19.8 Å². The van der Waals surface area contributed by atoms with Crippen molar-refractivity contribution >= 4 is 5.96 Å². The highest BCUT2D eigenvalue weighted by atomic mass is 16.5. The molecule has 0 aliphatic rings. The maximum atomic E-state index is 5.85. The Morgan fingerprint density at radius 3 is 2.57 bits per heavy atom. The Labute approximate surface area is 167 Å². The summed E-state index contributed by atoms with van der Waals surface area (Å²) in [6.07, 6.45) is 1.77. The Morgan fingerprint density at radius 1 is 1.14 bits per heavy atom. The fraction of sp³-hybridized carbons (Fsp3) is 0.429. The smallest absolute Gasteiger partial charge is 0.219 e. The van der Waals surface area contributed by atoms with Gasteiger partial charge >= 0.3 is 0 Å². The molecule has 0 saturated carbocycles. The average molecular weight is 386 g/mol. The molecule has 0 amide bonds. The highest BCUT2D eigenvalue weighted by molar-refractivity contribution is 5.80. The summed E-state index contributed by atoms with van der Waals surface area (Å²) in [4.78, 5) is 8.98. The lowest BCUT2D eigenvalue weighted by Crippen LogP contribution is -2.43. The topological polar surface area (TPSA) is 77.0 Å². The van der Waals surface area contributed by atoms with Crippen molar-refractivity contribution in [1.82, 2.24) is 15.6 Å². The summed E-state index contributed by atoms with van der Waals surface area (Å²) in [7, 11) is 1.68. The van der Waals surface area contributed by atoms with Gasteiger partial charge in [-0.25, -0.2) is 9.98 Å². The fourth-order valence-corrected chi connectivity index (χ4v) is 2.50. The molecule has 0 aliphatic carbocycles. The number of guanidine groups is 1. The van der Waals surface area contributed by atoms with Crippen LogP contribution in [-0.4, -0.2) is 43.9 Å². The van der Waals surface area contributed by atoms with Gasteiger partial charge in [0, 0.05) is 32.0 Å². The maximum Gasteiger partial charge on any atom is 0.219 e. The number of para-hydroxylation sites is 2. The van der Waals surface area contributed by atoms with E-state index in [1.807, 2.05) is 57.2 Å². The highest BCUT2D eigenvalue weighted by Gasteiger charge is 2.07. The minimum absolute atomic E-state index is 0.169. The molecule has 0 spiro atoms. The number of aliphatic imine (C=N–C) groups is 1. The summed E-state index contributed by atoms with van der Waals surface area (Å²) in [5.74, 6) is 2.61. The van der Waals surface area contributed by atoms with Crippen molar-refractivity contribution in [2.45, 2.75) is 33.4 Å². The summed E-state index contributed by atoms with van der Waals surface area (Å²) in [6, 6.07) is 11.5. The van der Waals surface area contributed by atoms with Crippen molar-refractivity contribution in [1.29, 1.82) is 0 Å². The molecular formula is C21H30N4O3. The number of rotatable bonds is 10. The summed E-state index contributed by atoms with van der Waals surface area (Å²) in [5.41, 5.74) is 0.988. The van der Waals surface area contributed by atoms with Crippen LogP contribution in [0.2, 0.25) is 0 Å². The first-order chi connectivity index (χ1) is 13.7. The van der Waals surface area contributed by atoms with E-state index in [1.54, 1.807) is 13.3 Å². The molecule has 2 aromatic rings. The first kappa shape index (κ1) is 21.5. The van der Waals surface area contributed by atoms with E-state index in [2.05, 4.69) is 20.6 Å². The van der Waals surface area contributed by atoms with Crippen LogP contribution in [0.25, 0.3) is 0 Å². The van der Waals surface area contributed by atoms with Gasteiger partial charge in [-0.05, 0) is 38.5 Å². The number of aromatic nitrogens is 1. The molecule has 0 aliphatic heterocycles. The number of nitrogens with one attached hydrogen (secondary N) is 2. The number of ether oxygens (including phenoxy) is 3. The number of hydrogen-bond donors (Lipinski definition) is 2. The van der Waals surface area contributed by atoms with E-state index in [1.165, 1.54) is 0 Å². The van der Waals surface area contributed by atoms with Gasteiger partial charge in [-0.15, -0.1) is 0 Å². The molecule has 152 valence electrons. The van der Waals surface area contributed by atoms with Gasteiger partial charge in [-0.2, -0.15) is 0 Å². The Kier molecular flexibility index (Phi) is 9.07. The lowest BCUT2D eigenvalue weighted by Gasteiger charge is -2.17. The van der Waals surface area contributed by atoms with Crippen LogP contribution < -0.4 is 20.1 Å². The maximum absolute atomic E-state index is 5.85. The average Bonchev–Trinajstić information content (AvgIpc) is 2.69. The zero-order chi connectivity index (χ0) is 20.2. The number of benzene rings is 1. The van der Waals surface area contributed by atoms with Crippen LogP contribution in [0.4, 0.5) is 0 Å². The van der Waals surface area contributed by atoms with E-state index in [4.69, 9.17) is 14.2 Å². The highest BCUT2D eigenvalue weighted by Crippen LogP contribution is 2.30. The predicted molar refractivity (Wildman–Crippen MR) is 111 cm³/mol. The third kappa shape index (κ3) is 7.08. The SMILES string of the molecule is CCNC(=NCc1ccc(Oc2ccccc2OCC)nc1)NC(C)COC. The molecule has 1 aromatic heterocycles. The largest absolute Gasteiger partial charge is 0.490 e. The molecular weight excluding hydrogens is 356 g/mol. The van der Waals surface area contributed by atoms with Crippen LogP contribution in [0.3, 0.4) is 0 Å². The molecule has 1 aromatic carbocycles. The minimum atomic E-state index is 0.169. The zero-order valence-electron chi connectivity index (χ0n) is 17.1. The van der Waals surface area contributed by atoms with Crippen molar-refractivity contribution in [2.24, 2.45) is 4.99 Å². The van der Waals surface area contributed by atoms with E-state index < -0.39 is 0 Å². The van der Waals surface area contributed by atoms with Crippen LogP contribution in [0.15, 0.2) is 47.6 Å². The second-order valence-corrected chi connectivity index (χ2v) is 6.18. The zero-order valence-corrected chi connectivity index (χ0v) is 17.1. The van der Waals surface area contributed by atoms with Crippen LogP contribution in [0, 0.1) is 0 Å². The third-order valence-electron chi connectivity index (χ3n) is 3.72. The number of pyridine rings is 1. The standard InChI is InChI=1S/C21H30N4O3/c1-5-22-21(25-16(3)15-26-4)24-14-17-11-12-20(23-13-17)28-19-10-8-7-9-18(19)27-6-2/h7-13,16H,5-6,14-15H2,1-4H3,(H2,22,24,25). The van der Waals surface area contributed by atoms with Gasteiger partial charge in [0.15, 0.2) is 17.5 Å². The Morgan fingerprint density at radius 2 is 1.93 bits per heavy atom. The molecule has 0 radical (unpaired) electrons. The van der Waals surface area contributed by atoms with Crippen molar-refractivity contribution in [2.75, 3.05) is 26.9 Å². The van der Waals surface area contributed by atoms with Crippen molar-refractivity contribution in [3.63, 3.8) is 0 Å². The first-order valence-electron chi connectivity index (χ1n) is 9.54. The summed E-state index contributed by atoms with van der Waals surface area (Å²) < 4.78 is 16.6. The van der Waals surface area contributed by atoms with Gasteiger partial charge in [-0.1, -0.05) is 18.2 Å². The molecule has 0 fully saturated rings. The molecule has 1 unspecified atom stereocenters. The summed E-state index contributed by atoms with van der Waals surface area (Å²) >= 11 is 0. The predicted octanol–water partition coefficient (Wildman–Crippen LogP) is 3.36. The van der Waals surface area contributed by atoms with Crippen LogP contribution in [0.5, 0.6) is 17.4 Å². The normalized spacial score (nSPS) is 12.4. The molecule has 1 atom stereocenters. The van der Waals surface area contributed by atoms with Crippen LogP contribution in [-0.2, 0) is 11.3 Å². The van der Waals surface area contributed by atoms with E-state index >= 15 is 0 Å². The van der Waals surface area contributed by atoms with E-state index in [9.17, 15) is 0 Å². The lowest BCUT2D eigenvalue weighted by molar-refractivity contribution is 0.179. The second-order valence-electron chi connectivity index (χ2n) is 6.18. The van der Waals surface area contributed by atoms with Crippen LogP contribution >= 0.6 is 0 Å². The molecule has 2 rings (SSSR count). The minimum Gasteiger partial charge on any atom is -0.490 e. The van der Waals surface area contributed by atoms with Gasteiger partial charge < -0.3 is 24.8 Å². The fourth-order valence-electron chi connectivity index (χ4n) is 2.50. The van der Waals surface area contributed by atoms with Crippen molar-refractivity contribution in [3.05, 3.63) is 48.2 Å². The van der Waals surface area contributed by atoms with Gasteiger partial charge in [-0.3, -0.25) is 0 Å². The van der Waals surface area contributed by atoms with E-state index in [-0.39, 0.29) is 6.04 Å². The molecule has 2 N–H and O–H groups in total. The summed E-state index contributed by atoms with van der Waals surface area (Å²) in [6.45, 7) is 8.51. The molecule has 7 nitrogen and oxygen atoms in total. The third-order valence-corrected chi connectivity index (χ3v) is 3.72.